The van der Waals surface area contributed by atoms with Crippen molar-refractivity contribution in [3.05, 3.63) is 35.9 Å². The minimum absolute atomic E-state index is 0.0374. The smallest absolute Gasteiger partial charge is 0.217 e. The molecule has 0 aromatic heterocycles. The van der Waals surface area contributed by atoms with Gasteiger partial charge in [-0.25, -0.2) is 0 Å². The second-order valence-corrected chi connectivity index (χ2v) is 4.44. The molecule has 3 heteroatoms. The molecule has 1 aromatic carbocycles. The van der Waals surface area contributed by atoms with E-state index in [4.69, 9.17) is 0 Å². The maximum Gasteiger partial charge on any atom is 0.217 e. The van der Waals surface area contributed by atoms with Crippen molar-refractivity contribution in [3.63, 3.8) is 0 Å². The standard InChI is InChI=1S/C14H22N2O/c1-4-16(3)11-14(15-12(2)17)10-13-8-6-5-7-9-13/h5-9,14H,4,10-11H2,1-3H3,(H,15,17)/t14-/m0/s1. The molecule has 0 aliphatic rings. The fraction of sp³-hybridized carbons (Fsp3) is 0.500. The molecule has 0 fully saturated rings. The fourth-order valence-electron chi connectivity index (χ4n) is 1.85. The van der Waals surface area contributed by atoms with E-state index in [2.05, 4.69) is 36.3 Å². The number of likely N-dealkylation sites (N-methyl/N-ethyl adjacent to an activating group) is 1. The van der Waals surface area contributed by atoms with Crippen molar-refractivity contribution in [2.75, 3.05) is 20.1 Å². The van der Waals surface area contributed by atoms with Crippen molar-refractivity contribution in [2.45, 2.75) is 26.3 Å². The lowest BCUT2D eigenvalue weighted by Crippen LogP contribution is -2.43. The normalized spacial score (nSPS) is 12.5. The van der Waals surface area contributed by atoms with Crippen LogP contribution in [-0.4, -0.2) is 37.0 Å². The largest absolute Gasteiger partial charge is 0.352 e. The second-order valence-electron chi connectivity index (χ2n) is 4.44. The van der Waals surface area contributed by atoms with E-state index in [1.807, 2.05) is 18.2 Å². The highest BCUT2D eigenvalue weighted by atomic mass is 16.1. The Morgan fingerprint density at radius 2 is 2.00 bits per heavy atom. The lowest BCUT2D eigenvalue weighted by molar-refractivity contribution is -0.119. The highest BCUT2D eigenvalue weighted by Gasteiger charge is 2.12. The van der Waals surface area contributed by atoms with Gasteiger partial charge in [0.25, 0.3) is 0 Å². The molecule has 94 valence electrons. The van der Waals surface area contributed by atoms with Gasteiger partial charge < -0.3 is 10.2 Å². The molecule has 0 unspecified atom stereocenters. The Hall–Kier alpha value is -1.35. The first kappa shape index (κ1) is 13.7. The minimum atomic E-state index is 0.0374. The Morgan fingerprint density at radius 1 is 1.35 bits per heavy atom. The average Bonchev–Trinajstić information content (AvgIpc) is 2.29. The van der Waals surface area contributed by atoms with Crippen LogP contribution in [0.4, 0.5) is 0 Å². The molecule has 1 N–H and O–H groups in total. The third-order valence-corrected chi connectivity index (χ3v) is 2.80. The van der Waals surface area contributed by atoms with E-state index >= 15 is 0 Å². The SMILES string of the molecule is CCN(C)C[C@H](Cc1ccccc1)NC(C)=O. The quantitative estimate of drug-likeness (QED) is 0.812. The Morgan fingerprint density at radius 3 is 2.53 bits per heavy atom. The van der Waals surface area contributed by atoms with Crippen molar-refractivity contribution >= 4 is 5.91 Å². The number of carbonyl (C=O) groups excluding carboxylic acids is 1. The summed E-state index contributed by atoms with van der Waals surface area (Å²) in [7, 11) is 2.07. The van der Waals surface area contributed by atoms with Gasteiger partial charge in [0.15, 0.2) is 0 Å². The zero-order chi connectivity index (χ0) is 12.7. The number of benzene rings is 1. The van der Waals surface area contributed by atoms with Crippen LogP contribution in [-0.2, 0) is 11.2 Å². The van der Waals surface area contributed by atoms with Gasteiger partial charge in [0.2, 0.25) is 5.91 Å². The molecule has 0 saturated heterocycles. The van der Waals surface area contributed by atoms with Crippen molar-refractivity contribution in [3.8, 4) is 0 Å². The second kappa shape index (κ2) is 7.07. The van der Waals surface area contributed by atoms with E-state index in [1.165, 1.54) is 5.56 Å². The van der Waals surface area contributed by atoms with Gasteiger partial charge in [0.1, 0.15) is 0 Å². The van der Waals surface area contributed by atoms with E-state index in [1.54, 1.807) is 6.92 Å². The third kappa shape index (κ3) is 5.50. The highest BCUT2D eigenvalue weighted by molar-refractivity contribution is 5.73. The third-order valence-electron chi connectivity index (χ3n) is 2.80. The number of nitrogens with zero attached hydrogens (tertiary/aromatic N) is 1. The zero-order valence-electron chi connectivity index (χ0n) is 10.9. The molecule has 0 saturated carbocycles. The van der Waals surface area contributed by atoms with Crippen LogP contribution >= 0.6 is 0 Å². The molecule has 1 aromatic rings. The summed E-state index contributed by atoms with van der Waals surface area (Å²) in [5.41, 5.74) is 1.26. The van der Waals surface area contributed by atoms with Crippen LogP contribution in [0, 0.1) is 0 Å². The number of nitrogens with one attached hydrogen (secondary N) is 1. The van der Waals surface area contributed by atoms with E-state index in [9.17, 15) is 4.79 Å². The molecule has 3 nitrogen and oxygen atoms in total. The van der Waals surface area contributed by atoms with Crippen molar-refractivity contribution in [2.24, 2.45) is 0 Å². The predicted octanol–water partition coefficient (Wildman–Crippen LogP) is 1.69. The summed E-state index contributed by atoms with van der Waals surface area (Å²) >= 11 is 0. The van der Waals surface area contributed by atoms with Crippen LogP contribution in [0.2, 0.25) is 0 Å². The maximum atomic E-state index is 11.2. The Bertz CT molecular complexity index is 337. The van der Waals surface area contributed by atoms with Gasteiger partial charge in [-0.05, 0) is 25.6 Å². The molecule has 0 aliphatic carbocycles. The lowest BCUT2D eigenvalue weighted by Gasteiger charge is -2.23. The zero-order valence-corrected chi connectivity index (χ0v) is 10.9. The van der Waals surface area contributed by atoms with E-state index < -0.39 is 0 Å². The molecule has 0 bridgehead atoms. The summed E-state index contributed by atoms with van der Waals surface area (Å²) in [4.78, 5) is 13.4. The number of carbonyl (C=O) groups is 1. The van der Waals surface area contributed by atoms with Gasteiger partial charge in [-0.1, -0.05) is 37.3 Å². The topological polar surface area (TPSA) is 32.3 Å². The molecule has 1 amide bonds. The summed E-state index contributed by atoms with van der Waals surface area (Å²) in [5.74, 6) is 0.0374. The summed E-state index contributed by atoms with van der Waals surface area (Å²) in [6, 6.07) is 10.4. The first-order valence-corrected chi connectivity index (χ1v) is 6.11. The van der Waals surface area contributed by atoms with Gasteiger partial charge in [0.05, 0.1) is 0 Å². The molecule has 0 heterocycles. The van der Waals surface area contributed by atoms with Gasteiger partial charge in [-0.2, -0.15) is 0 Å². The van der Waals surface area contributed by atoms with Gasteiger partial charge in [-0.3, -0.25) is 4.79 Å². The monoisotopic (exact) mass is 234 g/mol. The van der Waals surface area contributed by atoms with Crippen molar-refractivity contribution < 1.29 is 4.79 Å². The Balaban J connectivity index is 2.60. The Labute approximate surface area is 104 Å². The van der Waals surface area contributed by atoms with Gasteiger partial charge in [-0.15, -0.1) is 0 Å². The van der Waals surface area contributed by atoms with Gasteiger partial charge >= 0.3 is 0 Å². The van der Waals surface area contributed by atoms with Crippen LogP contribution in [0.5, 0.6) is 0 Å². The first-order valence-electron chi connectivity index (χ1n) is 6.11. The summed E-state index contributed by atoms with van der Waals surface area (Å²) in [6.45, 7) is 5.56. The van der Waals surface area contributed by atoms with Gasteiger partial charge in [0, 0.05) is 19.5 Å². The first-order chi connectivity index (χ1) is 8.11. The van der Waals surface area contributed by atoms with Crippen LogP contribution in [0.25, 0.3) is 0 Å². The Kier molecular flexibility index (Phi) is 5.70. The number of amides is 1. The number of hydrogen-bond donors (Lipinski definition) is 1. The number of hydrogen-bond acceptors (Lipinski definition) is 2. The van der Waals surface area contributed by atoms with Crippen molar-refractivity contribution in [1.82, 2.24) is 10.2 Å². The molecule has 17 heavy (non-hydrogen) atoms. The van der Waals surface area contributed by atoms with Crippen LogP contribution in [0.3, 0.4) is 0 Å². The van der Waals surface area contributed by atoms with Crippen molar-refractivity contribution in [1.29, 1.82) is 0 Å². The molecular weight excluding hydrogens is 212 g/mol. The summed E-state index contributed by atoms with van der Waals surface area (Å²) < 4.78 is 0. The molecule has 1 atom stereocenters. The predicted molar refractivity (Wildman–Crippen MR) is 70.9 cm³/mol. The van der Waals surface area contributed by atoms with Crippen LogP contribution < -0.4 is 5.32 Å². The number of rotatable bonds is 6. The average molecular weight is 234 g/mol. The molecular formula is C14H22N2O. The summed E-state index contributed by atoms with van der Waals surface area (Å²) in [5, 5.41) is 3.01. The highest BCUT2D eigenvalue weighted by Crippen LogP contribution is 2.04. The molecule has 0 radical (unpaired) electrons. The summed E-state index contributed by atoms with van der Waals surface area (Å²) in [6.07, 6.45) is 0.880. The molecule has 0 spiro atoms. The fourth-order valence-corrected chi connectivity index (χ4v) is 1.85. The maximum absolute atomic E-state index is 11.2. The lowest BCUT2D eigenvalue weighted by atomic mass is 10.1. The van der Waals surface area contributed by atoms with Crippen LogP contribution in [0.15, 0.2) is 30.3 Å². The van der Waals surface area contributed by atoms with E-state index in [-0.39, 0.29) is 11.9 Å². The van der Waals surface area contributed by atoms with E-state index in [0.29, 0.717) is 0 Å². The van der Waals surface area contributed by atoms with Crippen LogP contribution in [0.1, 0.15) is 19.4 Å². The molecule has 1 rings (SSSR count). The minimum Gasteiger partial charge on any atom is -0.352 e. The molecule has 0 aliphatic heterocycles. The van der Waals surface area contributed by atoms with E-state index in [0.717, 1.165) is 19.5 Å².